The van der Waals surface area contributed by atoms with Gasteiger partial charge in [-0.25, -0.2) is 4.79 Å². The molecule has 0 radical (unpaired) electrons. The van der Waals surface area contributed by atoms with Crippen molar-refractivity contribution in [2.24, 2.45) is 0 Å². The van der Waals surface area contributed by atoms with Gasteiger partial charge in [-0.1, -0.05) is 0 Å². The lowest BCUT2D eigenvalue weighted by Crippen LogP contribution is -2.32. The van der Waals surface area contributed by atoms with Crippen LogP contribution in [0.2, 0.25) is 0 Å². The van der Waals surface area contributed by atoms with Crippen molar-refractivity contribution in [3.05, 3.63) is 29.6 Å². The molecule has 102 valence electrons. The van der Waals surface area contributed by atoms with Crippen molar-refractivity contribution >= 4 is 11.9 Å². The molecule has 1 aromatic rings. The molecule has 19 heavy (non-hydrogen) atoms. The Hall–Kier alpha value is -1.95. The van der Waals surface area contributed by atoms with Crippen molar-refractivity contribution < 1.29 is 14.3 Å². The van der Waals surface area contributed by atoms with Crippen LogP contribution in [0.15, 0.2) is 18.3 Å². The van der Waals surface area contributed by atoms with Gasteiger partial charge in [0.2, 0.25) is 5.91 Å². The van der Waals surface area contributed by atoms with Gasteiger partial charge in [-0.3, -0.25) is 14.7 Å². The summed E-state index contributed by atoms with van der Waals surface area (Å²) in [6.07, 6.45) is 2.44. The first-order valence-electron chi connectivity index (χ1n) is 6.21. The summed E-state index contributed by atoms with van der Waals surface area (Å²) in [6, 6.07) is 3.47. The minimum Gasteiger partial charge on any atom is -0.465 e. The first kappa shape index (κ1) is 13.5. The van der Waals surface area contributed by atoms with Gasteiger partial charge >= 0.3 is 5.97 Å². The number of aromatic nitrogens is 1. The summed E-state index contributed by atoms with van der Waals surface area (Å²) in [5, 5.41) is 2.83. The molecule has 0 unspecified atom stereocenters. The van der Waals surface area contributed by atoms with E-state index in [2.05, 4.69) is 15.0 Å². The molecule has 2 heterocycles. The third-order valence-corrected chi connectivity index (χ3v) is 2.97. The number of rotatable bonds is 3. The highest BCUT2D eigenvalue weighted by Crippen LogP contribution is 2.06. The molecule has 0 aliphatic carbocycles. The maximum absolute atomic E-state index is 11.4. The summed E-state index contributed by atoms with van der Waals surface area (Å²) in [5.74, 6) is -0.350. The van der Waals surface area contributed by atoms with E-state index < -0.39 is 5.97 Å². The molecule has 1 aliphatic heterocycles. The molecule has 0 saturated carbocycles. The smallest absolute Gasteiger partial charge is 0.339 e. The molecule has 1 N–H and O–H groups in total. The number of pyridine rings is 1. The van der Waals surface area contributed by atoms with E-state index in [1.54, 1.807) is 12.1 Å². The number of nitrogens with one attached hydrogen (secondary N) is 1. The van der Waals surface area contributed by atoms with E-state index in [9.17, 15) is 9.59 Å². The molecule has 1 fully saturated rings. The third kappa shape index (κ3) is 3.75. The second-order valence-corrected chi connectivity index (χ2v) is 4.44. The van der Waals surface area contributed by atoms with Crippen molar-refractivity contribution in [2.45, 2.75) is 13.0 Å². The van der Waals surface area contributed by atoms with Crippen LogP contribution in [0.4, 0.5) is 0 Å². The minimum atomic E-state index is -0.395. The Labute approximate surface area is 111 Å². The fourth-order valence-electron chi connectivity index (χ4n) is 1.99. The van der Waals surface area contributed by atoms with Crippen molar-refractivity contribution in [1.82, 2.24) is 15.2 Å². The molecule has 0 spiro atoms. The molecule has 1 aromatic heterocycles. The summed E-state index contributed by atoms with van der Waals surface area (Å²) in [6.45, 7) is 2.58. The molecule has 1 aliphatic rings. The monoisotopic (exact) mass is 263 g/mol. The van der Waals surface area contributed by atoms with Crippen molar-refractivity contribution in [3.63, 3.8) is 0 Å². The second kappa shape index (κ2) is 6.29. The number of amides is 1. The fourth-order valence-corrected chi connectivity index (χ4v) is 1.99. The molecule has 6 heteroatoms. The maximum Gasteiger partial charge on any atom is 0.339 e. The predicted octanol–water partition coefficient (Wildman–Crippen LogP) is 0.190. The lowest BCUT2D eigenvalue weighted by molar-refractivity contribution is -0.121. The zero-order valence-corrected chi connectivity index (χ0v) is 10.9. The van der Waals surface area contributed by atoms with Crippen LogP contribution < -0.4 is 5.32 Å². The van der Waals surface area contributed by atoms with E-state index in [4.69, 9.17) is 0 Å². The predicted molar refractivity (Wildman–Crippen MR) is 68.5 cm³/mol. The highest BCUT2D eigenvalue weighted by molar-refractivity contribution is 5.88. The van der Waals surface area contributed by atoms with Gasteiger partial charge in [0.25, 0.3) is 0 Å². The Kier molecular flexibility index (Phi) is 4.46. The van der Waals surface area contributed by atoms with Crippen LogP contribution in [0.1, 0.15) is 22.5 Å². The summed E-state index contributed by atoms with van der Waals surface area (Å²) < 4.78 is 4.61. The Morgan fingerprint density at radius 1 is 1.53 bits per heavy atom. The Bertz CT molecular complexity index is 459. The number of carbonyl (C=O) groups excluding carboxylic acids is 2. The molecule has 1 amide bonds. The Morgan fingerprint density at radius 3 is 3.05 bits per heavy atom. The van der Waals surface area contributed by atoms with Crippen LogP contribution in [-0.4, -0.2) is 48.5 Å². The van der Waals surface area contributed by atoms with Crippen LogP contribution in [0.5, 0.6) is 0 Å². The van der Waals surface area contributed by atoms with E-state index >= 15 is 0 Å². The van der Waals surface area contributed by atoms with Crippen LogP contribution in [0.25, 0.3) is 0 Å². The highest BCUT2D eigenvalue weighted by atomic mass is 16.5. The van der Waals surface area contributed by atoms with Crippen molar-refractivity contribution in [2.75, 3.05) is 26.7 Å². The van der Waals surface area contributed by atoms with Crippen LogP contribution in [0.3, 0.4) is 0 Å². The molecular weight excluding hydrogens is 246 g/mol. The largest absolute Gasteiger partial charge is 0.465 e. The third-order valence-electron chi connectivity index (χ3n) is 2.97. The number of esters is 1. The topological polar surface area (TPSA) is 71.5 Å². The number of hydrogen-bond donors (Lipinski definition) is 1. The minimum absolute atomic E-state index is 0.0451. The van der Waals surface area contributed by atoms with Gasteiger partial charge in [-0.05, 0) is 18.6 Å². The molecule has 0 aromatic carbocycles. The van der Waals surface area contributed by atoms with Crippen molar-refractivity contribution in [1.29, 1.82) is 0 Å². The second-order valence-electron chi connectivity index (χ2n) is 4.44. The summed E-state index contributed by atoms with van der Waals surface area (Å²) in [5.41, 5.74) is 1.27. The number of methoxy groups -OCH3 is 1. The summed E-state index contributed by atoms with van der Waals surface area (Å²) in [4.78, 5) is 29.0. The Balaban J connectivity index is 1.98. The van der Waals surface area contributed by atoms with Crippen LogP contribution in [-0.2, 0) is 16.1 Å². The first-order valence-corrected chi connectivity index (χ1v) is 6.21. The number of hydrogen-bond acceptors (Lipinski definition) is 5. The van der Waals surface area contributed by atoms with Crippen LogP contribution >= 0.6 is 0 Å². The van der Waals surface area contributed by atoms with Gasteiger partial charge in [0.1, 0.15) is 0 Å². The zero-order chi connectivity index (χ0) is 13.7. The lowest BCUT2D eigenvalue weighted by Gasteiger charge is -2.17. The molecule has 0 bridgehead atoms. The first-order chi connectivity index (χ1) is 9.19. The van der Waals surface area contributed by atoms with Gasteiger partial charge in [-0.15, -0.1) is 0 Å². The van der Waals surface area contributed by atoms with E-state index in [1.165, 1.54) is 13.3 Å². The van der Waals surface area contributed by atoms with Gasteiger partial charge in [-0.2, -0.15) is 0 Å². The average molecular weight is 263 g/mol. The van der Waals surface area contributed by atoms with Gasteiger partial charge < -0.3 is 10.1 Å². The molecular formula is C13H17N3O3. The number of nitrogens with zero attached hydrogens (tertiary/aromatic N) is 2. The van der Waals surface area contributed by atoms with E-state index in [1.807, 2.05) is 4.90 Å². The number of ether oxygens (including phenoxy) is 1. The Morgan fingerprint density at radius 2 is 2.37 bits per heavy atom. The molecule has 6 nitrogen and oxygen atoms in total. The van der Waals surface area contributed by atoms with Gasteiger partial charge in [0.15, 0.2) is 0 Å². The zero-order valence-electron chi connectivity index (χ0n) is 10.9. The van der Waals surface area contributed by atoms with Crippen molar-refractivity contribution in [3.8, 4) is 0 Å². The van der Waals surface area contributed by atoms with E-state index in [-0.39, 0.29) is 5.91 Å². The lowest BCUT2D eigenvalue weighted by atomic mass is 10.2. The molecule has 0 atom stereocenters. The highest BCUT2D eigenvalue weighted by Gasteiger charge is 2.15. The summed E-state index contributed by atoms with van der Waals surface area (Å²) in [7, 11) is 1.34. The standard InChI is InChI=1S/C13H17N3O3/c1-19-13(18)10-3-4-11(15-7-10)8-16-6-2-5-14-12(17)9-16/h3-4,7H,2,5-6,8-9H2,1H3,(H,14,17). The van der Waals surface area contributed by atoms with Gasteiger partial charge in [0.05, 0.1) is 24.9 Å². The van der Waals surface area contributed by atoms with Crippen LogP contribution in [0, 0.1) is 0 Å². The van der Waals surface area contributed by atoms with E-state index in [0.29, 0.717) is 18.7 Å². The normalized spacial score (nSPS) is 16.6. The summed E-state index contributed by atoms with van der Waals surface area (Å²) >= 11 is 0. The number of carbonyl (C=O) groups is 2. The van der Waals surface area contributed by atoms with Gasteiger partial charge in [0, 0.05) is 25.8 Å². The SMILES string of the molecule is COC(=O)c1ccc(CN2CCCNC(=O)C2)nc1. The maximum atomic E-state index is 11.4. The van der Waals surface area contributed by atoms with E-state index in [0.717, 1.165) is 25.2 Å². The molecule has 1 saturated heterocycles. The quantitative estimate of drug-likeness (QED) is 0.788. The molecule has 2 rings (SSSR count). The average Bonchev–Trinajstić information content (AvgIpc) is 2.63. The fraction of sp³-hybridized carbons (Fsp3) is 0.462.